The van der Waals surface area contributed by atoms with Crippen LogP contribution in [-0.4, -0.2) is 78.9 Å². The summed E-state index contributed by atoms with van der Waals surface area (Å²) in [5, 5.41) is 25.1. The molecule has 6 aromatic carbocycles. The van der Waals surface area contributed by atoms with Crippen LogP contribution in [0.4, 0.5) is 53.7 Å². The lowest BCUT2D eigenvalue weighted by atomic mass is 9.88. The average Bonchev–Trinajstić information content (AvgIpc) is 1.10. The lowest BCUT2D eigenvalue weighted by molar-refractivity contribution is -0.688. The largest absolute Gasteiger partial charge is 0.526 e. The molecule has 27 heteroatoms. The van der Waals surface area contributed by atoms with Crippen molar-refractivity contribution < 1.29 is 75.1 Å². The minimum absolute atomic E-state index is 0.0973. The number of nitrogens with two attached hydrogens (primary N) is 4. The summed E-state index contributed by atoms with van der Waals surface area (Å²) < 4.78 is 46.5. The third-order valence-electron chi connectivity index (χ3n) is 17.5. The summed E-state index contributed by atoms with van der Waals surface area (Å²) in [5.41, 5.74) is 29.6. The fraction of sp³-hybridized carbons (Fsp3) is 0.213. The van der Waals surface area contributed by atoms with Crippen molar-refractivity contribution in [3.05, 3.63) is 259 Å². The van der Waals surface area contributed by atoms with E-state index in [1.54, 1.807) is 114 Å². The van der Waals surface area contributed by atoms with Gasteiger partial charge in [-0.05, 0) is 164 Å². The predicted octanol–water partition coefficient (Wildman–Crippen LogP) is 17.1. The van der Waals surface area contributed by atoms with Crippen LogP contribution in [0.5, 0.6) is 0 Å². The second-order valence-corrected chi connectivity index (χ2v) is 32.3. The van der Waals surface area contributed by atoms with Gasteiger partial charge < -0.3 is 65.2 Å². The van der Waals surface area contributed by atoms with E-state index in [0.717, 1.165) is 103 Å². The van der Waals surface area contributed by atoms with E-state index in [2.05, 4.69) is 47.6 Å². The molecule has 9 heterocycles. The monoisotopic (exact) mass is 1630 g/mol. The second-order valence-electron chi connectivity index (χ2n) is 31.5. The zero-order valence-corrected chi connectivity index (χ0v) is 68.0. The number of nitrogen functional groups attached to an aromatic ring is 4. The minimum Gasteiger partial charge on any atom is -0.465 e. The Hall–Kier alpha value is -13.2. The van der Waals surface area contributed by atoms with Gasteiger partial charge in [0.05, 0.1) is 0 Å². The molecule has 0 spiro atoms. The molecule has 0 bridgehead atoms. The first kappa shape index (κ1) is 82.2. The zero-order valence-electron chi connectivity index (χ0n) is 66.4. The summed E-state index contributed by atoms with van der Waals surface area (Å²) in [5.74, 6) is 2.14. The predicted molar refractivity (Wildman–Crippen MR) is 454 cm³/mol. The Bertz CT molecular complexity index is 5950. The number of amides is 4. The molecule has 0 atom stereocenters. The Morgan fingerprint density at radius 3 is 1.08 bits per heavy atom. The Kier molecular flexibility index (Phi) is 24.3. The Balaban J connectivity index is 0.000000151. The number of hydrogen-bond donors (Lipinski definition) is 6. The normalized spacial score (nSPS) is 11.6. The van der Waals surface area contributed by atoms with Crippen molar-refractivity contribution in [1.82, 2.24) is 15.0 Å². The number of anilines is 6. The number of furan rings is 3. The molecule has 0 aliphatic heterocycles. The van der Waals surface area contributed by atoms with Gasteiger partial charge in [0, 0.05) is 142 Å². The van der Waals surface area contributed by atoms with Gasteiger partial charge >= 0.3 is 31.5 Å². The van der Waals surface area contributed by atoms with Crippen LogP contribution in [0.2, 0.25) is 0 Å². The maximum absolute atomic E-state index is 13.5. The molecule has 10 N–H and O–H groups in total. The highest BCUT2D eigenvalue weighted by Gasteiger charge is 2.37. The fourth-order valence-electron chi connectivity index (χ4n) is 12.3. The van der Waals surface area contributed by atoms with Crippen LogP contribution in [0, 0.1) is 0 Å². The number of nitrogens with zero attached hydrogens (tertiary/aromatic N) is 8. The number of halogens is 1. The van der Waals surface area contributed by atoms with Gasteiger partial charge in [-0.25, -0.2) is 47.8 Å². The molecule has 4 amide bonds. The number of pyridine rings is 6. The third kappa shape index (κ3) is 20.8. The van der Waals surface area contributed by atoms with Crippen molar-refractivity contribution in [2.75, 3.05) is 32.7 Å². The van der Waals surface area contributed by atoms with Crippen molar-refractivity contribution in [2.24, 2.45) is 0 Å². The van der Waals surface area contributed by atoms with Crippen molar-refractivity contribution in [1.29, 1.82) is 0 Å². The Morgan fingerprint density at radius 1 is 0.397 bits per heavy atom. The van der Waals surface area contributed by atoms with Crippen LogP contribution in [0.3, 0.4) is 0 Å². The van der Waals surface area contributed by atoms with E-state index in [0.29, 0.717) is 58.0 Å². The number of rotatable bonds is 11. The van der Waals surface area contributed by atoms with E-state index in [-0.39, 0.29) is 17.3 Å². The van der Waals surface area contributed by atoms with E-state index in [4.69, 9.17) is 65.2 Å². The van der Waals surface area contributed by atoms with E-state index >= 15 is 0 Å². The first-order valence-corrected chi connectivity index (χ1v) is 38.0. The summed E-state index contributed by atoms with van der Waals surface area (Å²) in [4.78, 5) is 68.2. The molecule has 592 valence electrons. The van der Waals surface area contributed by atoms with Crippen molar-refractivity contribution in [3.63, 3.8) is 0 Å². The summed E-state index contributed by atoms with van der Waals surface area (Å²) in [7, 11) is -1.53. The van der Waals surface area contributed by atoms with Gasteiger partial charge in [0.2, 0.25) is 0 Å². The highest BCUT2D eigenvalue weighted by molar-refractivity contribution is 9.10. The van der Waals surface area contributed by atoms with Crippen LogP contribution < -0.4 is 52.1 Å². The second kappa shape index (κ2) is 34.2. The SMILES string of the molecule is CC(C)(C)OC(=O)N(C(=O)OC(C)(C)C)c1ncc(-c2cc3ccccc3o2)c2cc(C[n+]3ccc(N)cc3)ccc12.CC(C)(C)OC(=O)N(C(=O)OC(C)(C)C)c1ncc(Br)c2cc(C[n+]3ccc(N)cc3)ccc12.Nc1cc[n+](Cc2ccc3c(N)ncc(-c4cc5ccccc5o4)c3c2)cc1.OB(O)c1cc2ccccc2o1. The number of carbonyl (C=O) groups is 4. The molecule has 15 rings (SSSR count). The quantitative estimate of drug-likeness (QED) is 0.0398. The minimum atomic E-state index is -1.53. The van der Waals surface area contributed by atoms with Gasteiger partial charge in [-0.3, -0.25) is 0 Å². The van der Waals surface area contributed by atoms with Gasteiger partial charge in [0.25, 0.3) is 0 Å². The molecule has 9 aromatic heterocycles. The van der Waals surface area contributed by atoms with E-state index in [9.17, 15) is 19.2 Å². The Morgan fingerprint density at radius 2 is 0.716 bits per heavy atom. The molecule has 0 aliphatic carbocycles. The van der Waals surface area contributed by atoms with Gasteiger partial charge in [-0.1, -0.05) is 91.0 Å². The van der Waals surface area contributed by atoms with Crippen LogP contribution in [0.1, 0.15) is 99.8 Å². The van der Waals surface area contributed by atoms with Crippen LogP contribution in [-0.2, 0) is 38.6 Å². The number of ether oxygens (including phenoxy) is 4. The number of carbonyl (C=O) groups excluding carboxylic acids is 4. The van der Waals surface area contributed by atoms with E-state index in [1.807, 2.05) is 204 Å². The molecule has 0 saturated carbocycles. The first-order valence-electron chi connectivity index (χ1n) is 37.2. The molecule has 0 saturated heterocycles. The summed E-state index contributed by atoms with van der Waals surface area (Å²) in [6, 6.07) is 57.5. The highest BCUT2D eigenvalue weighted by Crippen LogP contribution is 2.40. The molecule has 0 aliphatic rings. The van der Waals surface area contributed by atoms with Crippen molar-refractivity contribution in [3.8, 4) is 22.6 Å². The smallest absolute Gasteiger partial charge is 0.465 e. The molecular weight excluding hydrogens is 1540 g/mol. The summed E-state index contributed by atoms with van der Waals surface area (Å²) in [6.45, 7) is 22.7. The van der Waals surface area contributed by atoms with Crippen molar-refractivity contribution >= 4 is 153 Å². The average molecular weight is 1630 g/mol. The Labute approximate surface area is 678 Å². The lowest BCUT2D eigenvalue weighted by Crippen LogP contribution is -2.44. The fourth-order valence-corrected chi connectivity index (χ4v) is 12.7. The zero-order chi connectivity index (χ0) is 83.1. The molecule has 116 heavy (non-hydrogen) atoms. The summed E-state index contributed by atoms with van der Waals surface area (Å²) >= 11 is 3.54. The lowest BCUT2D eigenvalue weighted by Gasteiger charge is -2.28. The van der Waals surface area contributed by atoms with Crippen LogP contribution in [0.25, 0.3) is 87.9 Å². The summed E-state index contributed by atoms with van der Waals surface area (Å²) in [6.07, 6.45) is 13.0. The highest BCUT2D eigenvalue weighted by atomic mass is 79.9. The van der Waals surface area contributed by atoms with E-state index in [1.165, 1.54) is 0 Å². The number of hydrogen-bond acceptors (Lipinski definition) is 20. The van der Waals surface area contributed by atoms with Gasteiger partial charge in [-0.2, -0.15) is 9.80 Å². The molecule has 0 radical (unpaired) electrons. The standard InChI is InChI=1S/C33H34N4O5.C25H29BrN4O4.C23H18N4O.C8H7BO3/c1-32(2,3)41-30(38)37(31(39)42-33(4,5)6)29-24-12-11-21(20-36-15-13-23(34)14-16-36)17-25(24)26(19-35-29)28-18-22-9-7-8-10-27(22)40-28;1-24(2,3)33-22(31)30(23(32)34-25(4,5)6)21-18-8-7-16(13-19(18)20(26)14-28-21)15-29-11-9-17(27)10-12-29;24-17-7-9-27(10-8-17)14-15-5-6-18-19(11-15)20(13-26-23(18)25)22-12-16-3-1-2-4-21(16)28-22;10-9(11)8-5-6-3-1-2-4-7(6)12-8/h7-19,34H,20H2,1-6H3;7-14,27H,15H2,1-6H3;1-13,24H,14H2,(H2,25,26);1-5,10-11H/p+3. The number of benzene rings is 6. The molecule has 0 unspecified atom stereocenters. The molecular formula is C89H91BBrN12O13+3. The van der Waals surface area contributed by atoms with E-state index < -0.39 is 53.9 Å². The topological polar surface area (TPSA) is 346 Å². The van der Waals surface area contributed by atoms with Crippen molar-refractivity contribution in [2.45, 2.75) is 125 Å². The number of imide groups is 2. The van der Waals surface area contributed by atoms with Gasteiger partial charge in [-0.15, -0.1) is 0 Å². The first-order chi connectivity index (χ1) is 54.9. The number of fused-ring (bicyclic) bond motifs is 6. The molecule has 25 nitrogen and oxygen atoms in total. The molecule has 15 aromatic rings. The van der Waals surface area contributed by atoms with Crippen LogP contribution >= 0.6 is 15.9 Å². The molecule has 0 fully saturated rings. The van der Waals surface area contributed by atoms with Crippen LogP contribution in [0.15, 0.2) is 255 Å². The number of aromatic nitrogens is 6. The maximum atomic E-state index is 13.5. The van der Waals surface area contributed by atoms with Gasteiger partial charge in [0.1, 0.15) is 62.2 Å². The number of para-hydroxylation sites is 3. The van der Waals surface area contributed by atoms with Gasteiger partial charge in [0.15, 0.2) is 68.5 Å². The maximum Gasteiger partial charge on any atom is 0.526 e. The third-order valence-corrected chi connectivity index (χ3v) is 18.1.